The second kappa shape index (κ2) is 5.45. The number of rotatable bonds is 3. The summed E-state index contributed by atoms with van der Waals surface area (Å²) in [5, 5.41) is 3.04. The lowest BCUT2D eigenvalue weighted by Gasteiger charge is -2.13. The summed E-state index contributed by atoms with van der Waals surface area (Å²) in [4.78, 5) is 0. The first-order valence-corrected chi connectivity index (χ1v) is 6.12. The molecule has 0 atom stereocenters. The molecule has 0 aliphatic rings. The maximum atomic E-state index is 12.5. The number of halogens is 3. The highest BCUT2D eigenvalue weighted by Gasteiger charge is 2.30. The molecule has 2 aromatic rings. The molecule has 2 aromatic carbocycles. The molecule has 0 fully saturated rings. The van der Waals surface area contributed by atoms with Crippen LogP contribution in [-0.2, 0) is 12.7 Å². The first-order valence-electron chi connectivity index (χ1n) is 6.12. The molecular formula is C15H15F3N2. The van der Waals surface area contributed by atoms with Crippen molar-refractivity contribution in [1.29, 1.82) is 0 Å². The Kier molecular flexibility index (Phi) is 3.88. The third-order valence-electron chi connectivity index (χ3n) is 2.94. The Labute approximate surface area is 115 Å². The molecular weight excluding hydrogens is 265 g/mol. The first kappa shape index (κ1) is 14.2. The number of nitrogen functional groups attached to an aromatic ring is 1. The highest BCUT2D eigenvalue weighted by molar-refractivity contribution is 5.67. The topological polar surface area (TPSA) is 38.0 Å². The number of alkyl halides is 3. The fraction of sp³-hybridized carbons (Fsp3) is 0.200. The van der Waals surface area contributed by atoms with E-state index < -0.39 is 11.7 Å². The van der Waals surface area contributed by atoms with E-state index in [0.29, 0.717) is 12.2 Å². The van der Waals surface area contributed by atoms with E-state index in [2.05, 4.69) is 5.32 Å². The van der Waals surface area contributed by atoms with Crippen molar-refractivity contribution in [3.8, 4) is 0 Å². The molecule has 0 unspecified atom stereocenters. The van der Waals surface area contributed by atoms with Crippen LogP contribution in [0.3, 0.4) is 0 Å². The van der Waals surface area contributed by atoms with Crippen LogP contribution >= 0.6 is 0 Å². The number of aryl methyl sites for hydroxylation is 1. The molecule has 0 heterocycles. The average Bonchev–Trinajstić information content (AvgIpc) is 2.36. The third kappa shape index (κ3) is 3.44. The van der Waals surface area contributed by atoms with Gasteiger partial charge in [-0.25, -0.2) is 0 Å². The van der Waals surface area contributed by atoms with E-state index in [0.717, 1.165) is 23.3 Å². The predicted molar refractivity (Wildman–Crippen MR) is 74.4 cm³/mol. The highest BCUT2D eigenvalue weighted by Crippen LogP contribution is 2.32. The van der Waals surface area contributed by atoms with Crippen molar-refractivity contribution >= 4 is 11.4 Å². The SMILES string of the molecule is Cc1cccc(CNc2ccc(C(F)(F)F)cc2N)c1. The van der Waals surface area contributed by atoms with Gasteiger partial charge < -0.3 is 11.1 Å². The monoisotopic (exact) mass is 280 g/mol. The summed E-state index contributed by atoms with van der Waals surface area (Å²) in [6.45, 7) is 2.49. The maximum Gasteiger partial charge on any atom is 0.416 e. The van der Waals surface area contributed by atoms with E-state index in [1.54, 1.807) is 0 Å². The molecule has 3 N–H and O–H groups in total. The van der Waals surface area contributed by atoms with Gasteiger partial charge in [-0.3, -0.25) is 0 Å². The van der Waals surface area contributed by atoms with Gasteiger partial charge in [0.25, 0.3) is 0 Å². The van der Waals surface area contributed by atoms with Crippen LogP contribution in [0.2, 0.25) is 0 Å². The van der Waals surface area contributed by atoms with Crippen LogP contribution in [0.5, 0.6) is 0 Å². The van der Waals surface area contributed by atoms with Gasteiger partial charge in [-0.05, 0) is 30.7 Å². The van der Waals surface area contributed by atoms with Gasteiger partial charge in [0, 0.05) is 6.54 Å². The maximum absolute atomic E-state index is 12.5. The minimum atomic E-state index is -4.37. The van der Waals surface area contributed by atoms with Crippen LogP contribution in [-0.4, -0.2) is 0 Å². The van der Waals surface area contributed by atoms with Crippen LogP contribution in [0, 0.1) is 6.92 Å². The normalized spacial score (nSPS) is 11.4. The average molecular weight is 280 g/mol. The summed E-state index contributed by atoms with van der Waals surface area (Å²) in [6, 6.07) is 11.2. The van der Waals surface area contributed by atoms with Gasteiger partial charge in [-0.2, -0.15) is 13.2 Å². The largest absolute Gasteiger partial charge is 0.416 e. The van der Waals surface area contributed by atoms with Gasteiger partial charge in [0.1, 0.15) is 0 Å². The Hall–Kier alpha value is -2.17. The van der Waals surface area contributed by atoms with Gasteiger partial charge in [-0.1, -0.05) is 29.8 Å². The van der Waals surface area contributed by atoms with Gasteiger partial charge in [0.2, 0.25) is 0 Å². The molecule has 2 nitrogen and oxygen atoms in total. The highest BCUT2D eigenvalue weighted by atomic mass is 19.4. The van der Waals surface area contributed by atoms with Crippen molar-refractivity contribution in [3.05, 3.63) is 59.2 Å². The Balaban J connectivity index is 2.11. The molecule has 0 amide bonds. The zero-order valence-electron chi connectivity index (χ0n) is 11.0. The van der Waals surface area contributed by atoms with Crippen LogP contribution in [0.25, 0.3) is 0 Å². The fourth-order valence-electron chi connectivity index (χ4n) is 1.92. The third-order valence-corrected chi connectivity index (χ3v) is 2.94. The molecule has 106 valence electrons. The van der Waals surface area contributed by atoms with Crippen LogP contribution in [0.1, 0.15) is 16.7 Å². The van der Waals surface area contributed by atoms with E-state index in [9.17, 15) is 13.2 Å². The molecule has 0 radical (unpaired) electrons. The summed E-state index contributed by atoms with van der Waals surface area (Å²) >= 11 is 0. The van der Waals surface area contributed by atoms with Gasteiger partial charge in [0.05, 0.1) is 16.9 Å². The van der Waals surface area contributed by atoms with E-state index in [4.69, 9.17) is 5.73 Å². The molecule has 0 aromatic heterocycles. The number of hydrogen-bond acceptors (Lipinski definition) is 2. The molecule has 0 saturated carbocycles. The van der Waals surface area contributed by atoms with E-state index in [-0.39, 0.29) is 5.69 Å². The quantitative estimate of drug-likeness (QED) is 0.827. The molecule has 2 rings (SSSR count). The van der Waals surface area contributed by atoms with E-state index in [1.807, 2.05) is 31.2 Å². The van der Waals surface area contributed by atoms with Crippen molar-refractivity contribution in [2.24, 2.45) is 0 Å². The summed E-state index contributed by atoms with van der Waals surface area (Å²) < 4.78 is 37.6. The Morgan fingerprint density at radius 3 is 2.45 bits per heavy atom. The van der Waals surface area contributed by atoms with Crippen LogP contribution in [0.4, 0.5) is 24.5 Å². The summed E-state index contributed by atoms with van der Waals surface area (Å²) in [7, 11) is 0. The second-order valence-corrected chi connectivity index (χ2v) is 4.64. The number of hydrogen-bond donors (Lipinski definition) is 2. The zero-order valence-corrected chi connectivity index (χ0v) is 11.0. The Morgan fingerprint density at radius 2 is 1.85 bits per heavy atom. The standard InChI is InChI=1S/C15H15F3N2/c1-10-3-2-4-11(7-10)9-20-14-6-5-12(8-13(14)19)15(16,17)18/h2-8,20H,9,19H2,1H3. The van der Waals surface area contributed by atoms with Crippen molar-refractivity contribution in [1.82, 2.24) is 0 Å². The second-order valence-electron chi connectivity index (χ2n) is 4.64. The van der Waals surface area contributed by atoms with Crippen molar-refractivity contribution in [2.45, 2.75) is 19.6 Å². The minimum absolute atomic E-state index is 0.0903. The fourth-order valence-corrected chi connectivity index (χ4v) is 1.92. The Bertz CT molecular complexity index is 606. The van der Waals surface area contributed by atoms with Gasteiger partial charge >= 0.3 is 6.18 Å². The number of nitrogens with one attached hydrogen (secondary N) is 1. The predicted octanol–water partition coefficient (Wildman–Crippen LogP) is 4.21. The minimum Gasteiger partial charge on any atom is -0.397 e. The van der Waals surface area contributed by atoms with Crippen molar-refractivity contribution < 1.29 is 13.2 Å². The number of nitrogens with two attached hydrogens (primary N) is 1. The summed E-state index contributed by atoms with van der Waals surface area (Å²) in [5.41, 5.74) is 7.67. The van der Waals surface area contributed by atoms with Crippen molar-refractivity contribution in [2.75, 3.05) is 11.1 Å². The van der Waals surface area contributed by atoms with Gasteiger partial charge in [0.15, 0.2) is 0 Å². The molecule has 0 bridgehead atoms. The van der Waals surface area contributed by atoms with E-state index in [1.165, 1.54) is 6.07 Å². The number of benzene rings is 2. The first-order chi connectivity index (χ1) is 9.36. The lowest BCUT2D eigenvalue weighted by atomic mass is 10.1. The van der Waals surface area contributed by atoms with Crippen LogP contribution < -0.4 is 11.1 Å². The lowest BCUT2D eigenvalue weighted by Crippen LogP contribution is -2.08. The van der Waals surface area contributed by atoms with Crippen LogP contribution in [0.15, 0.2) is 42.5 Å². The molecule has 0 spiro atoms. The lowest BCUT2D eigenvalue weighted by molar-refractivity contribution is -0.137. The molecule has 5 heteroatoms. The molecule has 0 saturated heterocycles. The molecule has 20 heavy (non-hydrogen) atoms. The molecule has 0 aliphatic heterocycles. The number of anilines is 2. The summed E-state index contributed by atoms with van der Waals surface area (Å²) in [6.07, 6.45) is -4.37. The zero-order chi connectivity index (χ0) is 14.8. The Morgan fingerprint density at radius 1 is 1.10 bits per heavy atom. The smallest absolute Gasteiger partial charge is 0.397 e. The summed E-state index contributed by atoms with van der Waals surface area (Å²) in [5.74, 6) is 0. The van der Waals surface area contributed by atoms with E-state index >= 15 is 0 Å². The molecule has 0 aliphatic carbocycles. The van der Waals surface area contributed by atoms with Crippen molar-refractivity contribution in [3.63, 3.8) is 0 Å². The van der Waals surface area contributed by atoms with Gasteiger partial charge in [-0.15, -0.1) is 0 Å².